The number of ether oxygens (including phenoxy) is 1. The molecule has 0 radical (unpaired) electrons. The van der Waals surface area contributed by atoms with E-state index in [-0.39, 0.29) is 23.4 Å². The van der Waals surface area contributed by atoms with Crippen molar-refractivity contribution in [1.29, 1.82) is 0 Å². The summed E-state index contributed by atoms with van der Waals surface area (Å²) in [5, 5.41) is 3.33. The van der Waals surface area contributed by atoms with Crippen molar-refractivity contribution in [3.8, 4) is 5.75 Å². The van der Waals surface area contributed by atoms with Crippen LogP contribution in [0.25, 0.3) is 0 Å². The quantitative estimate of drug-likeness (QED) is 0.799. The van der Waals surface area contributed by atoms with Gasteiger partial charge in [0.2, 0.25) is 5.91 Å². The number of carbonyl (C=O) groups excluding carboxylic acids is 2. The normalized spacial score (nSPS) is 11.6. The van der Waals surface area contributed by atoms with E-state index in [1.54, 1.807) is 25.1 Å². The maximum atomic E-state index is 12.4. The van der Waals surface area contributed by atoms with Crippen LogP contribution in [-0.2, 0) is 9.59 Å². The minimum atomic E-state index is -0.817. The smallest absolute Gasteiger partial charge is 0.263 e. The second kappa shape index (κ2) is 8.92. The highest BCUT2D eigenvalue weighted by Crippen LogP contribution is 2.32. The predicted octanol–water partition coefficient (Wildman–Crippen LogP) is 4.17. The van der Waals surface area contributed by atoms with Crippen molar-refractivity contribution in [1.82, 2.24) is 4.90 Å². The third kappa shape index (κ3) is 5.38. The SMILES string of the molecule is Cc1ccc(NC(=O)CN(C)C(=O)C(C)Oc2cccc(Cl)c2Cl)cc1. The van der Waals surface area contributed by atoms with Crippen LogP contribution >= 0.6 is 23.2 Å². The van der Waals surface area contributed by atoms with E-state index >= 15 is 0 Å². The molecule has 1 N–H and O–H groups in total. The first-order valence-electron chi connectivity index (χ1n) is 8.00. The lowest BCUT2D eigenvalue weighted by atomic mass is 10.2. The Kier molecular flexibility index (Phi) is 6.89. The monoisotopic (exact) mass is 394 g/mol. The summed E-state index contributed by atoms with van der Waals surface area (Å²) in [7, 11) is 1.54. The molecule has 1 atom stereocenters. The first-order valence-corrected chi connectivity index (χ1v) is 8.75. The van der Waals surface area contributed by atoms with Crippen LogP contribution in [0.15, 0.2) is 42.5 Å². The lowest BCUT2D eigenvalue weighted by Crippen LogP contribution is -2.42. The Bertz CT molecular complexity index is 794. The summed E-state index contributed by atoms with van der Waals surface area (Å²) in [4.78, 5) is 25.8. The molecular weight excluding hydrogens is 375 g/mol. The molecule has 2 rings (SSSR count). The molecule has 7 heteroatoms. The highest BCUT2D eigenvalue weighted by atomic mass is 35.5. The molecule has 0 fully saturated rings. The summed E-state index contributed by atoms with van der Waals surface area (Å²) in [6.45, 7) is 3.46. The Morgan fingerprint density at radius 1 is 1.15 bits per heavy atom. The Balaban J connectivity index is 1.92. The van der Waals surface area contributed by atoms with E-state index < -0.39 is 6.10 Å². The van der Waals surface area contributed by atoms with Gasteiger partial charge in [-0.1, -0.05) is 47.0 Å². The van der Waals surface area contributed by atoms with E-state index in [1.165, 1.54) is 11.9 Å². The van der Waals surface area contributed by atoms with Crippen molar-refractivity contribution in [3.05, 3.63) is 58.1 Å². The number of amides is 2. The highest BCUT2D eigenvalue weighted by molar-refractivity contribution is 6.42. The summed E-state index contributed by atoms with van der Waals surface area (Å²) in [6.07, 6.45) is -0.817. The first kappa shape index (κ1) is 20.1. The Hall–Kier alpha value is -2.24. The number of carbonyl (C=O) groups is 2. The van der Waals surface area contributed by atoms with Crippen LogP contribution in [0.4, 0.5) is 5.69 Å². The number of nitrogens with zero attached hydrogens (tertiary/aromatic N) is 1. The van der Waals surface area contributed by atoms with Gasteiger partial charge in [0, 0.05) is 12.7 Å². The van der Waals surface area contributed by atoms with Crippen molar-refractivity contribution in [3.63, 3.8) is 0 Å². The number of halogens is 2. The third-order valence-electron chi connectivity index (χ3n) is 3.66. The van der Waals surface area contributed by atoms with Crippen LogP contribution < -0.4 is 10.1 Å². The molecule has 0 heterocycles. The number of benzene rings is 2. The van der Waals surface area contributed by atoms with Crippen LogP contribution in [-0.4, -0.2) is 36.4 Å². The van der Waals surface area contributed by atoms with Crippen LogP contribution in [0.5, 0.6) is 5.75 Å². The van der Waals surface area contributed by atoms with Gasteiger partial charge < -0.3 is 15.0 Å². The van der Waals surface area contributed by atoms with Gasteiger partial charge in [-0.2, -0.15) is 0 Å². The largest absolute Gasteiger partial charge is 0.479 e. The van der Waals surface area contributed by atoms with Gasteiger partial charge in [-0.25, -0.2) is 0 Å². The van der Waals surface area contributed by atoms with Gasteiger partial charge in [0.25, 0.3) is 5.91 Å². The van der Waals surface area contributed by atoms with Crippen LogP contribution in [0.1, 0.15) is 12.5 Å². The second-order valence-corrected chi connectivity index (χ2v) is 6.71. The minimum Gasteiger partial charge on any atom is -0.479 e. The Morgan fingerprint density at radius 3 is 2.46 bits per heavy atom. The first-order chi connectivity index (χ1) is 12.3. The van der Waals surface area contributed by atoms with Gasteiger partial charge in [-0.15, -0.1) is 0 Å². The standard InChI is InChI=1S/C19H20Cl2N2O3/c1-12-7-9-14(10-8-12)22-17(24)11-23(3)19(25)13(2)26-16-6-4-5-15(20)18(16)21/h4-10,13H,11H2,1-3H3,(H,22,24). The van der Waals surface area contributed by atoms with E-state index in [4.69, 9.17) is 27.9 Å². The average molecular weight is 395 g/mol. The maximum absolute atomic E-state index is 12.4. The molecular formula is C19H20Cl2N2O3. The molecule has 0 spiro atoms. The maximum Gasteiger partial charge on any atom is 0.263 e. The minimum absolute atomic E-state index is 0.0936. The van der Waals surface area contributed by atoms with Gasteiger partial charge in [-0.3, -0.25) is 9.59 Å². The molecule has 1 unspecified atom stereocenters. The topological polar surface area (TPSA) is 58.6 Å². The fourth-order valence-electron chi connectivity index (χ4n) is 2.26. The number of likely N-dealkylation sites (N-methyl/N-ethyl adjacent to an activating group) is 1. The lowest BCUT2D eigenvalue weighted by molar-refractivity contribution is -0.139. The van der Waals surface area contributed by atoms with E-state index in [1.807, 2.05) is 31.2 Å². The van der Waals surface area contributed by atoms with Gasteiger partial charge in [-0.05, 0) is 38.1 Å². The van der Waals surface area contributed by atoms with Crippen molar-refractivity contribution >= 4 is 40.7 Å². The number of hydrogen-bond donors (Lipinski definition) is 1. The summed E-state index contributed by atoms with van der Waals surface area (Å²) >= 11 is 12.0. The average Bonchev–Trinajstić information content (AvgIpc) is 2.60. The van der Waals surface area contributed by atoms with Gasteiger partial charge in [0.1, 0.15) is 10.8 Å². The molecule has 0 saturated heterocycles. The number of nitrogens with one attached hydrogen (secondary N) is 1. The van der Waals surface area contributed by atoms with Crippen molar-refractivity contribution in [2.45, 2.75) is 20.0 Å². The zero-order valence-electron chi connectivity index (χ0n) is 14.8. The zero-order valence-corrected chi connectivity index (χ0v) is 16.3. The Morgan fingerprint density at radius 2 is 1.81 bits per heavy atom. The molecule has 2 amide bonds. The van der Waals surface area contributed by atoms with E-state index in [0.717, 1.165) is 5.56 Å². The Labute approximate surface area is 162 Å². The van der Waals surface area contributed by atoms with Crippen molar-refractivity contribution < 1.29 is 14.3 Å². The number of anilines is 1. The molecule has 2 aromatic rings. The second-order valence-electron chi connectivity index (χ2n) is 5.92. The lowest BCUT2D eigenvalue weighted by Gasteiger charge is -2.22. The van der Waals surface area contributed by atoms with E-state index in [9.17, 15) is 9.59 Å². The predicted molar refractivity (Wildman–Crippen MR) is 104 cm³/mol. The molecule has 2 aromatic carbocycles. The molecule has 0 aliphatic carbocycles. The van der Waals surface area contributed by atoms with E-state index in [2.05, 4.69) is 5.32 Å². The van der Waals surface area contributed by atoms with Crippen molar-refractivity contribution in [2.24, 2.45) is 0 Å². The zero-order chi connectivity index (χ0) is 19.3. The van der Waals surface area contributed by atoms with Gasteiger partial charge in [0.15, 0.2) is 6.10 Å². The molecule has 138 valence electrons. The molecule has 0 aliphatic heterocycles. The van der Waals surface area contributed by atoms with Gasteiger partial charge in [0.05, 0.1) is 11.6 Å². The molecule has 0 aromatic heterocycles. The molecule has 5 nitrogen and oxygen atoms in total. The number of hydrogen-bond acceptors (Lipinski definition) is 3. The number of aryl methyl sites for hydroxylation is 1. The molecule has 0 bridgehead atoms. The highest BCUT2D eigenvalue weighted by Gasteiger charge is 2.22. The van der Waals surface area contributed by atoms with Crippen LogP contribution in [0, 0.1) is 6.92 Å². The molecule has 26 heavy (non-hydrogen) atoms. The summed E-state index contributed by atoms with van der Waals surface area (Å²) in [6, 6.07) is 12.3. The fourth-order valence-corrected chi connectivity index (χ4v) is 2.59. The number of rotatable bonds is 6. The summed E-state index contributed by atoms with van der Waals surface area (Å²) in [5.41, 5.74) is 1.78. The summed E-state index contributed by atoms with van der Waals surface area (Å²) in [5.74, 6) is -0.324. The fraction of sp³-hybridized carbons (Fsp3) is 0.263. The summed E-state index contributed by atoms with van der Waals surface area (Å²) < 4.78 is 5.58. The molecule has 0 saturated carbocycles. The van der Waals surface area contributed by atoms with Crippen LogP contribution in [0.2, 0.25) is 10.0 Å². The third-order valence-corrected chi connectivity index (χ3v) is 4.46. The van der Waals surface area contributed by atoms with E-state index in [0.29, 0.717) is 16.5 Å². The molecule has 0 aliphatic rings. The van der Waals surface area contributed by atoms with Crippen molar-refractivity contribution in [2.75, 3.05) is 18.9 Å². The van der Waals surface area contributed by atoms with Crippen LogP contribution in [0.3, 0.4) is 0 Å². The van der Waals surface area contributed by atoms with Gasteiger partial charge >= 0.3 is 0 Å².